The molecule has 0 bridgehead atoms. The zero-order valence-electron chi connectivity index (χ0n) is 9.75. The van der Waals surface area contributed by atoms with Crippen molar-refractivity contribution in [3.8, 4) is 5.75 Å². The molecule has 0 heterocycles. The van der Waals surface area contributed by atoms with Gasteiger partial charge in [0.05, 0.1) is 6.04 Å². The van der Waals surface area contributed by atoms with Gasteiger partial charge in [-0.05, 0) is 42.3 Å². The summed E-state index contributed by atoms with van der Waals surface area (Å²) in [5.74, 6) is 0.276. The molecule has 0 aliphatic heterocycles. The summed E-state index contributed by atoms with van der Waals surface area (Å²) in [6.07, 6.45) is 1.83. The van der Waals surface area contributed by atoms with E-state index in [-0.39, 0.29) is 11.8 Å². The second-order valence-corrected chi connectivity index (χ2v) is 3.96. The highest BCUT2D eigenvalue weighted by Crippen LogP contribution is 2.16. The van der Waals surface area contributed by atoms with E-state index in [0.29, 0.717) is 0 Å². The Morgan fingerprint density at radius 3 is 2.29 bits per heavy atom. The van der Waals surface area contributed by atoms with Crippen LogP contribution < -0.4 is 0 Å². The normalized spacial score (nSPS) is 12.8. The summed E-state index contributed by atoms with van der Waals surface area (Å²) in [6, 6.07) is 17.3. The van der Waals surface area contributed by atoms with Crippen LogP contribution in [0.5, 0.6) is 5.75 Å². The molecule has 0 radical (unpaired) electrons. The van der Waals surface area contributed by atoms with Crippen molar-refractivity contribution in [1.29, 1.82) is 0 Å². The number of phenols is 1. The maximum atomic E-state index is 9.17. The minimum Gasteiger partial charge on any atom is -0.508 e. The molecule has 0 aliphatic rings. The molecular formula is C15H15NO. The standard InChI is InChI=1S/C15H15NO/c1-12(14-5-3-2-4-6-14)16-11-13-7-9-15(17)10-8-13/h2-12,17H,1H3/b16-11+/t12-/m1/s1. The third-order valence-electron chi connectivity index (χ3n) is 2.62. The predicted molar refractivity (Wildman–Crippen MR) is 70.6 cm³/mol. The SMILES string of the molecule is C[C@@H](/N=C/c1ccc(O)cc1)c1ccccc1. The molecule has 0 aromatic heterocycles. The van der Waals surface area contributed by atoms with Gasteiger partial charge in [0, 0.05) is 6.21 Å². The highest BCUT2D eigenvalue weighted by atomic mass is 16.3. The second-order valence-electron chi connectivity index (χ2n) is 3.96. The number of rotatable bonds is 3. The third kappa shape index (κ3) is 3.18. The average Bonchev–Trinajstić information content (AvgIpc) is 2.39. The molecule has 2 aromatic rings. The summed E-state index contributed by atoms with van der Waals surface area (Å²) in [6.45, 7) is 2.06. The molecule has 0 saturated heterocycles. The molecule has 2 rings (SSSR count). The number of phenolic OH excluding ortho intramolecular Hbond substituents is 1. The topological polar surface area (TPSA) is 32.6 Å². The Hall–Kier alpha value is -2.09. The summed E-state index contributed by atoms with van der Waals surface area (Å²) in [5.41, 5.74) is 2.19. The quantitative estimate of drug-likeness (QED) is 0.796. The van der Waals surface area contributed by atoms with Crippen molar-refractivity contribution in [2.45, 2.75) is 13.0 Å². The molecule has 1 atom stereocenters. The number of aromatic hydroxyl groups is 1. The van der Waals surface area contributed by atoms with Crippen LogP contribution in [0.25, 0.3) is 0 Å². The van der Waals surface area contributed by atoms with Gasteiger partial charge in [0.1, 0.15) is 5.75 Å². The van der Waals surface area contributed by atoms with E-state index in [4.69, 9.17) is 5.11 Å². The van der Waals surface area contributed by atoms with Crippen molar-refractivity contribution in [2.24, 2.45) is 4.99 Å². The molecule has 0 fully saturated rings. The van der Waals surface area contributed by atoms with E-state index >= 15 is 0 Å². The first-order valence-corrected chi connectivity index (χ1v) is 5.63. The van der Waals surface area contributed by atoms with Gasteiger partial charge in [-0.25, -0.2) is 0 Å². The molecule has 1 N–H and O–H groups in total. The monoisotopic (exact) mass is 225 g/mol. The third-order valence-corrected chi connectivity index (χ3v) is 2.62. The summed E-state index contributed by atoms with van der Waals surface area (Å²) in [5, 5.41) is 9.17. The van der Waals surface area contributed by atoms with Crippen LogP contribution in [0.3, 0.4) is 0 Å². The van der Waals surface area contributed by atoms with Gasteiger partial charge in [0.25, 0.3) is 0 Å². The zero-order valence-corrected chi connectivity index (χ0v) is 9.75. The van der Waals surface area contributed by atoms with E-state index in [1.165, 1.54) is 5.56 Å². The van der Waals surface area contributed by atoms with Crippen molar-refractivity contribution < 1.29 is 5.11 Å². The van der Waals surface area contributed by atoms with Crippen molar-refractivity contribution in [1.82, 2.24) is 0 Å². The van der Waals surface area contributed by atoms with Crippen LogP contribution in [0.4, 0.5) is 0 Å². The van der Waals surface area contributed by atoms with Crippen LogP contribution in [0.2, 0.25) is 0 Å². The van der Waals surface area contributed by atoms with Crippen LogP contribution in [0, 0.1) is 0 Å². The van der Waals surface area contributed by atoms with E-state index < -0.39 is 0 Å². The molecule has 0 unspecified atom stereocenters. The molecule has 2 heteroatoms. The van der Waals surface area contributed by atoms with Crippen LogP contribution in [-0.4, -0.2) is 11.3 Å². The van der Waals surface area contributed by atoms with Gasteiger partial charge in [-0.15, -0.1) is 0 Å². The Labute approximate surface area is 101 Å². The molecule has 0 aliphatic carbocycles. The minimum atomic E-state index is 0.144. The molecule has 86 valence electrons. The molecule has 2 aromatic carbocycles. The first-order chi connectivity index (χ1) is 8.25. The number of aliphatic imine (C=N–C) groups is 1. The van der Waals surface area contributed by atoms with Gasteiger partial charge in [0.2, 0.25) is 0 Å². The number of nitrogens with zero attached hydrogens (tertiary/aromatic N) is 1. The molecule has 17 heavy (non-hydrogen) atoms. The molecule has 0 saturated carbocycles. The van der Waals surface area contributed by atoms with Crippen molar-refractivity contribution in [3.63, 3.8) is 0 Å². The fourth-order valence-electron chi connectivity index (χ4n) is 1.58. The molecular weight excluding hydrogens is 210 g/mol. The first kappa shape index (κ1) is 11.4. The molecule has 2 nitrogen and oxygen atoms in total. The highest BCUT2D eigenvalue weighted by molar-refractivity contribution is 5.79. The Bertz CT molecular complexity index is 488. The van der Waals surface area contributed by atoms with Gasteiger partial charge < -0.3 is 5.11 Å². The lowest BCUT2D eigenvalue weighted by molar-refractivity contribution is 0.475. The van der Waals surface area contributed by atoms with Crippen molar-refractivity contribution >= 4 is 6.21 Å². The first-order valence-electron chi connectivity index (χ1n) is 5.63. The highest BCUT2D eigenvalue weighted by Gasteiger charge is 2.00. The van der Waals surface area contributed by atoms with E-state index in [0.717, 1.165) is 5.56 Å². The lowest BCUT2D eigenvalue weighted by atomic mass is 10.1. The average molecular weight is 225 g/mol. The smallest absolute Gasteiger partial charge is 0.115 e. The number of hydrogen-bond acceptors (Lipinski definition) is 2. The lowest BCUT2D eigenvalue weighted by Gasteiger charge is -2.05. The minimum absolute atomic E-state index is 0.144. The maximum absolute atomic E-state index is 9.17. The van der Waals surface area contributed by atoms with Crippen LogP contribution in [0.1, 0.15) is 24.1 Å². The summed E-state index contributed by atoms with van der Waals surface area (Å²) >= 11 is 0. The van der Waals surface area contributed by atoms with Crippen LogP contribution in [-0.2, 0) is 0 Å². The Balaban J connectivity index is 2.08. The summed E-state index contributed by atoms with van der Waals surface area (Å²) < 4.78 is 0. The number of hydrogen-bond donors (Lipinski definition) is 1. The Morgan fingerprint density at radius 1 is 1.00 bits per heavy atom. The lowest BCUT2D eigenvalue weighted by Crippen LogP contribution is -1.90. The molecule has 0 amide bonds. The van der Waals surface area contributed by atoms with Gasteiger partial charge in [-0.2, -0.15) is 0 Å². The van der Waals surface area contributed by atoms with E-state index in [1.807, 2.05) is 36.5 Å². The van der Waals surface area contributed by atoms with Crippen molar-refractivity contribution in [3.05, 3.63) is 65.7 Å². The van der Waals surface area contributed by atoms with Crippen LogP contribution in [0.15, 0.2) is 59.6 Å². The predicted octanol–water partition coefficient (Wildman–Crippen LogP) is 3.57. The van der Waals surface area contributed by atoms with Gasteiger partial charge >= 0.3 is 0 Å². The fourth-order valence-corrected chi connectivity index (χ4v) is 1.58. The number of benzene rings is 2. The second kappa shape index (κ2) is 5.30. The Morgan fingerprint density at radius 2 is 1.65 bits per heavy atom. The fraction of sp³-hybridized carbons (Fsp3) is 0.133. The van der Waals surface area contributed by atoms with Crippen molar-refractivity contribution in [2.75, 3.05) is 0 Å². The van der Waals surface area contributed by atoms with Gasteiger partial charge in [-0.1, -0.05) is 30.3 Å². The largest absolute Gasteiger partial charge is 0.508 e. The van der Waals surface area contributed by atoms with E-state index in [2.05, 4.69) is 24.0 Å². The summed E-state index contributed by atoms with van der Waals surface area (Å²) in [4.78, 5) is 4.49. The maximum Gasteiger partial charge on any atom is 0.115 e. The molecule has 0 spiro atoms. The van der Waals surface area contributed by atoms with Crippen LogP contribution >= 0.6 is 0 Å². The zero-order chi connectivity index (χ0) is 12.1. The summed E-state index contributed by atoms with van der Waals surface area (Å²) in [7, 11) is 0. The Kier molecular flexibility index (Phi) is 3.55. The van der Waals surface area contributed by atoms with E-state index in [9.17, 15) is 0 Å². The van der Waals surface area contributed by atoms with E-state index in [1.54, 1.807) is 12.1 Å². The van der Waals surface area contributed by atoms with Gasteiger partial charge in [0.15, 0.2) is 0 Å². The van der Waals surface area contributed by atoms with Gasteiger partial charge in [-0.3, -0.25) is 4.99 Å².